The highest BCUT2D eigenvalue weighted by Crippen LogP contribution is 2.14. The van der Waals surface area contributed by atoms with Gasteiger partial charge in [-0.15, -0.1) is 0 Å². The van der Waals surface area contributed by atoms with E-state index >= 15 is 0 Å². The number of hydrogen-bond acceptors (Lipinski definition) is 4. The molecule has 1 heterocycles. The summed E-state index contributed by atoms with van der Waals surface area (Å²) in [7, 11) is 0. The van der Waals surface area contributed by atoms with Crippen LogP contribution in [0, 0.1) is 0 Å². The first-order valence-electron chi connectivity index (χ1n) is 7.34. The Kier molecular flexibility index (Phi) is 4.76. The Balaban J connectivity index is 1.67. The Morgan fingerprint density at radius 2 is 1.76 bits per heavy atom. The molecule has 126 valence electrons. The maximum Gasteiger partial charge on any atom is 0.271 e. The standard InChI is InChI=1S/C17H13ClN4O3/c18-13-7-3-1-5-11(13)16(24)21-20-15(23)9-22-10-19-14-8-4-2-6-12(14)17(22)25/h1-8,10H,9H2,(H,20,23)(H,21,24). The molecule has 8 heteroatoms. The molecule has 7 nitrogen and oxygen atoms in total. The SMILES string of the molecule is O=C(Cn1cnc2ccccc2c1=O)NNC(=O)c1ccccc1Cl. The van der Waals surface area contributed by atoms with Gasteiger partial charge < -0.3 is 0 Å². The number of rotatable bonds is 3. The Morgan fingerprint density at radius 3 is 2.56 bits per heavy atom. The van der Waals surface area contributed by atoms with Gasteiger partial charge in [0.1, 0.15) is 6.54 Å². The van der Waals surface area contributed by atoms with E-state index in [4.69, 9.17) is 11.6 Å². The fraction of sp³-hybridized carbons (Fsp3) is 0.0588. The summed E-state index contributed by atoms with van der Waals surface area (Å²) in [5, 5.41) is 0.683. The van der Waals surface area contributed by atoms with Gasteiger partial charge in [0.15, 0.2) is 0 Å². The minimum atomic E-state index is -0.570. The van der Waals surface area contributed by atoms with Gasteiger partial charge in [0.2, 0.25) is 0 Å². The molecular weight excluding hydrogens is 344 g/mol. The Bertz CT molecular complexity index is 1020. The summed E-state index contributed by atoms with van der Waals surface area (Å²) >= 11 is 5.91. The number of nitrogens with zero attached hydrogens (tertiary/aromatic N) is 2. The minimum Gasteiger partial charge on any atom is -0.289 e. The van der Waals surface area contributed by atoms with Gasteiger partial charge in [-0.3, -0.25) is 29.8 Å². The van der Waals surface area contributed by atoms with Gasteiger partial charge in [0, 0.05) is 0 Å². The summed E-state index contributed by atoms with van der Waals surface area (Å²) in [5.41, 5.74) is 4.95. The zero-order valence-corrected chi connectivity index (χ0v) is 13.7. The van der Waals surface area contributed by atoms with E-state index in [1.807, 2.05) is 0 Å². The van der Waals surface area contributed by atoms with Gasteiger partial charge in [-0.2, -0.15) is 0 Å². The maximum atomic E-state index is 12.3. The average molecular weight is 357 g/mol. The molecule has 2 N–H and O–H groups in total. The van der Waals surface area contributed by atoms with Crippen LogP contribution in [0.2, 0.25) is 5.02 Å². The largest absolute Gasteiger partial charge is 0.289 e. The van der Waals surface area contributed by atoms with E-state index in [0.29, 0.717) is 10.9 Å². The second-order valence-electron chi connectivity index (χ2n) is 5.18. The molecule has 0 spiro atoms. The van der Waals surface area contributed by atoms with Gasteiger partial charge in [0.05, 0.1) is 27.8 Å². The van der Waals surface area contributed by atoms with Crippen LogP contribution in [0.5, 0.6) is 0 Å². The third kappa shape index (κ3) is 3.67. The van der Waals surface area contributed by atoms with Gasteiger partial charge in [-0.05, 0) is 24.3 Å². The summed E-state index contributed by atoms with van der Waals surface area (Å²) in [5.74, 6) is -1.12. The van der Waals surface area contributed by atoms with Gasteiger partial charge in [0.25, 0.3) is 17.4 Å². The molecule has 0 radical (unpaired) electrons. The van der Waals surface area contributed by atoms with Crippen molar-refractivity contribution in [2.45, 2.75) is 6.54 Å². The highest BCUT2D eigenvalue weighted by Gasteiger charge is 2.12. The molecule has 0 bridgehead atoms. The average Bonchev–Trinajstić information content (AvgIpc) is 2.63. The van der Waals surface area contributed by atoms with Crippen LogP contribution in [0.3, 0.4) is 0 Å². The number of benzene rings is 2. The fourth-order valence-corrected chi connectivity index (χ4v) is 2.47. The van der Waals surface area contributed by atoms with Crippen LogP contribution in [0.15, 0.2) is 59.7 Å². The molecule has 3 aromatic rings. The van der Waals surface area contributed by atoms with Crippen molar-refractivity contribution in [3.8, 4) is 0 Å². The van der Waals surface area contributed by atoms with Crippen LogP contribution in [0.25, 0.3) is 10.9 Å². The van der Waals surface area contributed by atoms with Crippen molar-refractivity contribution in [3.63, 3.8) is 0 Å². The number of hydrazine groups is 1. The van der Waals surface area contributed by atoms with Crippen molar-refractivity contribution in [1.29, 1.82) is 0 Å². The third-order valence-electron chi connectivity index (χ3n) is 3.48. The van der Waals surface area contributed by atoms with Crippen LogP contribution in [0.1, 0.15) is 10.4 Å². The van der Waals surface area contributed by atoms with Crippen molar-refractivity contribution in [2.75, 3.05) is 0 Å². The first kappa shape index (κ1) is 16.7. The summed E-state index contributed by atoms with van der Waals surface area (Å²) in [6.07, 6.45) is 1.29. The predicted octanol–water partition coefficient (Wildman–Crippen LogP) is 1.51. The zero-order valence-electron chi connectivity index (χ0n) is 12.9. The van der Waals surface area contributed by atoms with E-state index in [9.17, 15) is 14.4 Å². The first-order valence-corrected chi connectivity index (χ1v) is 7.72. The number of carbonyl (C=O) groups is 2. The highest BCUT2D eigenvalue weighted by molar-refractivity contribution is 6.33. The lowest BCUT2D eigenvalue weighted by atomic mass is 10.2. The summed E-state index contributed by atoms with van der Waals surface area (Å²) < 4.78 is 1.17. The number of fused-ring (bicyclic) bond motifs is 1. The number of nitrogens with one attached hydrogen (secondary N) is 2. The van der Waals surface area contributed by atoms with Gasteiger partial charge in [-0.25, -0.2) is 4.98 Å². The van der Waals surface area contributed by atoms with E-state index in [1.54, 1.807) is 42.5 Å². The molecule has 0 unspecified atom stereocenters. The Hall–Kier alpha value is -3.19. The van der Waals surface area contributed by atoms with E-state index < -0.39 is 11.8 Å². The molecule has 2 aromatic carbocycles. The van der Waals surface area contributed by atoms with Crippen molar-refractivity contribution in [3.05, 3.63) is 75.8 Å². The lowest BCUT2D eigenvalue weighted by Gasteiger charge is -2.10. The molecule has 0 aliphatic rings. The zero-order chi connectivity index (χ0) is 17.8. The first-order chi connectivity index (χ1) is 12.1. The predicted molar refractivity (Wildman–Crippen MR) is 93.1 cm³/mol. The fourth-order valence-electron chi connectivity index (χ4n) is 2.25. The van der Waals surface area contributed by atoms with Crippen LogP contribution in [-0.2, 0) is 11.3 Å². The summed E-state index contributed by atoms with van der Waals surface area (Å²) in [4.78, 5) is 40.4. The summed E-state index contributed by atoms with van der Waals surface area (Å²) in [6.45, 7) is -0.278. The molecule has 3 rings (SSSR count). The molecule has 0 fully saturated rings. The van der Waals surface area contributed by atoms with Crippen molar-refractivity contribution in [2.24, 2.45) is 0 Å². The molecule has 0 atom stereocenters. The highest BCUT2D eigenvalue weighted by atomic mass is 35.5. The monoisotopic (exact) mass is 356 g/mol. The van der Waals surface area contributed by atoms with Crippen LogP contribution in [-0.4, -0.2) is 21.4 Å². The Labute approximate surface area is 147 Å². The van der Waals surface area contributed by atoms with Crippen molar-refractivity contribution >= 4 is 34.3 Å². The van der Waals surface area contributed by atoms with E-state index in [2.05, 4.69) is 15.8 Å². The molecule has 0 saturated carbocycles. The normalized spacial score (nSPS) is 10.4. The molecule has 25 heavy (non-hydrogen) atoms. The van der Waals surface area contributed by atoms with E-state index in [-0.39, 0.29) is 22.7 Å². The topological polar surface area (TPSA) is 93.1 Å². The molecule has 0 saturated heterocycles. The molecular formula is C17H13ClN4O3. The second-order valence-corrected chi connectivity index (χ2v) is 5.58. The molecule has 2 amide bonds. The number of para-hydroxylation sites is 1. The number of amides is 2. The van der Waals surface area contributed by atoms with Gasteiger partial charge >= 0.3 is 0 Å². The number of hydrogen-bond donors (Lipinski definition) is 2. The number of halogens is 1. The number of aromatic nitrogens is 2. The quantitative estimate of drug-likeness (QED) is 0.696. The van der Waals surface area contributed by atoms with E-state index in [1.165, 1.54) is 17.0 Å². The van der Waals surface area contributed by atoms with Crippen LogP contribution >= 0.6 is 11.6 Å². The number of carbonyl (C=O) groups excluding carboxylic acids is 2. The molecule has 0 aliphatic carbocycles. The van der Waals surface area contributed by atoms with Crippen molar-refractivity contribution < 1.29 is 9.59 Å². The van der Waals surface area contributed by atoms with Crippen LogP contribution < -0.4 is 16.4 Å². The summed E-state index contributed by atoms with van der Waals surface area (Å²) in [6, 6.07) is 13.3. The third-order valence-corrected chi connectivity index (χ3v) is 3.81. The Morgan fingerprint density at radius 1 is 1.04 bits per heavy atom. The van der Waals surface area contributed by atoms with Gasteiger partial charge in [-0.1, -0.05) is 35.9 Å². The van der Waals surface area contributed by atoms with E-state index in [0.717, 1.165) is 0 Å². The molecule has 0 aliphatic heterocycles. The minimum absolute atomic E-state index is 0.231. The van der Waals surface area contributed by atoms with Crippen LogP contribution in [0.4, 0.5) is 0 Å². The smallest absolute Gasteiger partial charge is 0.271 e. The maximum absolute atomic E-state index is 12.3. The second kappa shape index (κ2) is 7.14. The molecule has 1 aromatic heterocycles. The lowest BCUT2D eigenvalue weighted by Crippen LogP contribution is -2.44. The lowest BCUT2D eigenvalue weighted by molar-refractivity contribution is -0.122. The van der Waals surface area contributed by atoms with Crippen molar-refractivity contribution in [1.82, 2.24) is 20.4 Å².